The summed E-state index contributed by atoms with van der Waals surface area (Å²) >= 11 is 0. The van der Waals surface area contributed by atoms with E-state index in [1.165, 1.54) is 25.9 Å². The molecule has 1 N–H and O–H groups in total. The van der Waals surface area contributed by atoms with Crippen LogP contribution in [-0.4, -0.2) is 31.1 Å². The lowest BCUT2D eigenvalue weighted by Crippen LogP contribution is -2.37. The molecule has 0 bridgehead atoms. The first-order valence-electron chi connectivity index (χ1n) is 7.04. The van der Waals surface area contributed by atoms with E-state index in [0.29, 0.717) is 11.5 Å². The van der Waals surface area contributed by atoms with Gasteiger partial charge in [0.2, 0.25) is 0 Å². The van der Waals surface area contributed by atoms with Crippen molar-refractivity contribution in [3.8, 4) is 0 Å². The number of likely N-dealkylation sites (tertiary alicyclic amines) is 1. The topological polar surface area (TPSA) is 28.4 Å². The molecular formula is C15H26N2O. The summed E-state index contributed by atoms with van der Waals surface area (Å²) in [5.74, 6) is 1.10. The molecular weight excluding hydrogens is 224 g/mol. The van der Waals surface area contributed by atoms with Crippen LogP contribution in [0.25, 0.3) is 0 Å². The number of nitrogens with one attached hydrogen (secondary N) is 1. The Morgan fingerprint density at radius 2 is 2.06 bits per heavy atom. The molecule has 1 atom stereocenters. The summed E-state index contributed by atoms with van der Waals surface area (Å²) in [5, 5.41) is 3.59. The average Bonchev–Trinajstić information content (AvgIpc) is 2.96. The van der Waals surface area contributed by atoms with E-state index in [9.17, 15) is 0 Å². The van der Waals surface area contributed by atoms with E-state index in [1.807, 2.05) is 6.07 Å². The predicted octanol–water partition coefficient (Wildman–Crippen LogP) is 3.05. The highest BCUT2D eigenvalue weighted by Crippen LogP contribution is 2.25. The maximum Gasteiger partial charge on any atom is 0.122 e. The van der Waals surface area contributed by atoms with Crippen molar-refractivity contribution in [3.63, 3.8) is 0 Å². The lowest BCUT2D eigenvalue weighted by Gasteiger charge is -2.28. The van der Waals surface area contributed by atoms with Crippen molar-refractivity contribution in [2.24, 2.45) is 5.41 Å². The minimum Gasteiger partial charge on any atom is -0.468 e. The van der Waals surface area contributed by atoms with Crippen molar-refractivity contribution in [2.75, 3.05) is 26.2 Å². The van der Waals surface area contributed by atoms with Crippen molar-refractivity contribution in [1.29, 1.82) is 0 Å². The summed E-state index contributed by atoms with van der Waals surface area (Å²) in [6.45, 7) is 11.2. The van der Waals surface area contributed by atoms with Crippen LogP contribution in [0.15, 0.2) is 22.8 Å². The van der Waals surface area contributed by atoms with Gasteiger partial charge in [-0.3, -0.25) is 4.90 Å². The smallest absolute Gasteiger partial charge is 0.122 e. The molecule has 18 heavy (non-hydrogen) atoms. The third-order valence-electron chi connectivity index (χ3n) is 3.45. The van der Waals surface area contributed by atoms with Gasteiger partial charge in [-0.2, -0.15) is 0 Å². The van der Waals surface area contributed by atoms with Crippen molar-refractivity contribution in [2.45, 2.75) is 39.7 Å². The Bertz CT molecular complexity index is 334. The van der Waals surface area contributed by atoms with Crippen LogP contribution in [0.4, 0.5) is 0 Å². The van der Waals surface area contributed by atoms with Crippen molar-refractivity contribution in [1.82, 2.24) is 10.2 Å². The molecule has 2 rings (SSSR count). The molecule has 1 aliphatic heterocycles. The SMILES string of the molecule is CC(C)(C)CNCC(c1ccco1)N1CCCC1. The van der Waals surface area contributed by atoms with Gasteiger partial charge in [-0.25, -0.2) is 0 Å². The van der Waals surface area contributed by atoms with Gasteiger partial charge in [-0.1, -0.05) is 20.8 Å². The fourth-order valence-corrected chi connectivity index (χ4v) is 2.53. The minimum atomic E-state index is 0.332. The van der Waals surface area contributed by atoms with Crippen LogP contribution >= 0.6 is 0 Å². The van der Waals surface area contributed by atoms with E-state index in [1.54, 1.807) is 6.26 Å². The Kier molecular flexibility index (Phi) is 4.46. The Hall–Kier alpha value is -0.800. The van der Waals surface area contributed by atoms with Crippen molar-refractivity contribution < 1.29 is 4.42 Å². The predicted molar refractivity (Wildman–Crippen MR) is 74.6 cm³/mol. The standard InChI is InChI=1S/C15H26N2O/c1-15(2,3)12-16-11-13(14-7-6-10-18-14)17-8-4-5-9-17/h6-7,10,13,16H,4-5,8-9,11-12H2,1-3H3. The minimum absolute atomic E-state index is 0.332. The molecule has 1 unspecified atom stereocenters. The molecule has 3 heteroatoms. The zero-order chi connectivity index (χ0) is 13.0. The molecule has 0 aromatic carbocycles. The second kappa shape index (κ2) is 5.89. The molecule has 3 nitrogen and oxygen atoms in total. The first kappa shape index (κ1) is 13.6. The summed E-state index contributed by atoms with van der Waals surface area (Å²) in [4.78, 5) is 2.54. The van der Waals surface area contributed by atoms with E-state index in [2.05, 4.69) is 37.1 Å². The number of hydrogen-bond donors (Lipinski definition) is 1. The van der Waals surface area contributed by atoms with Crippen molar-refractivity contribution >= 4 is 0 Å². The van der Waals surface area contributed by atoms with E-state index < -0.39 is 0 Å². The molecule has 0 radical (unpaired) electrons. The zero-order valence-electron chi connectivity index (χ0n) is 11.9. The fraction of sp³-hybridized carbons (Fsp3) is 0.733. The van der Waals surface area contributed by atoms with Crippen LogP contribution in [0.1, 0.15) is 45.4 Å². The molecule has 0 saturated carbocycles. The van der Waals surface area contributed by atoms with Crippen LogP contribution < -0.4 is 5.32 Å². The van der Waals surface area contributed by atoms with Crippen LogP contribution in [0.5, 0.6) is 0 Å². The first-order valence-corrected chi connectivity index (χ1v) is 7.04. The molecule has 0 aliphatic carbocycles. The number of nitrogens with zero attached hydrogens (tertiary/aromatic N) is 1. The van der Waals surface area contributed by atoms with Gasteiger partial charge < -0.3 is 9.73 Å². The Balaban J connectivity index is 1.93. The van der Waals surface area contributed by atoms with Gasteiger partial charge in [0.25, 0.3) is 0 Å². The van der Waals surface area contributed by atoms with Gasteiger partial charge in [-0.15, -0.1) is 0 Å². The third-order valence-corrected chi connectivity index (χ3v) is 3.45. The largest absolute Gasteiger partial charge is 0.468 e. The summed E-state index contributed by atoms with van der Waals surface area (Å²) in [6, 6.07) is 4.48. The molecule has 1 aliphatic rings. The van der Waals surface area contributed by atoms with E-state index >= 15 is 0 Å². The van der Waals surface area contributed by atoms with Crippen LogP contribution in [0.3, 0.4) is 0 Å². The van der Waals surface area contributed by atoms with E-state index in [4.69, 9.17) is 4.42 Å². The molecule has 102 valence electrons. The van der Waals surface area contributed by atoms with Gasteiger partial charge in [0.05, 0.1) is 12.3 Å². The fourth-order valence-electron chi connectivity index (χ4n) is 2.53. The molecule has 1 fully saturated rings. The van der Waals surface area contributed by atoms with Gasteiger partial charge in [0, 0.05) is 13.1 Å². The number of rotatable bonds is 5. The van der Waals surface area contributed by atoms with Gasteiger partial charge in [0.15, 0.2) is 0 Å². The Morgan fingerprint density at radius 3 is 2.61 bits per heavy atom. The highest BCUT2D eigenvalue weighted by molar-refractivity contribution is 5.06. The van der Waals surface area contributed by atoms with Crippen molar-refractivity contribution in [3.05, 3.63) is 24.2 Å². The van der Waals surface area contributed by atoms with Gasteiger partial charge >= 0.3 is 0 Å². The second-order valence-corrected chi connectivity index (χ2v) is 6.47. The van der Waals surface area contributed by atoms with Crippen LogP contribution in [-0.2, 0) is 0 Å². The molecule has 2 heterocycles. The summed E-state index contributed by atoms with van der Waals surface area (Å²) < 4.78 is 5.61. The van der Waals surface area contributed by atoms with Gasteiger partial charge in [-0.05, 0) is 43.5 Å². The second-order valence-electron chi connectivity index (χ2n) is 6.47. The molecule has 1 aromatic heterocycles. The summed E-state index contributed by atoms with van der Waals surface area (Å²) in [5.41, 5.74) is 0.332. The Morgan fingerprint density at radius 1 is 1.33 bits per heavy atom. The van der Waals surface area contributed by atoms with E-state index in [0.717, 1.165) is 18.8 Å². The quantitative estimate of drug-likeness (QED) is 0.870. The maximum absolute atomic E-state index is 5.61. The molecule has 1 aromatic rings. The molecule has 1 saturated heterocycles. The lowest BCUT2D eigenvalue weighted by atomic mass is 9.97. The third kappa shape index (κ3) is 3.85. The first-order chi connectivity index (χ1) is 8.56. The van der Waals surface area contributed by atoms with Crippen LogP contribution in [0.2, 0.25) is 0 Å². The van der Waals surface area contributed by atoms with Crippen LogP contribution in [0, 0.1) is 5.41 Å². The summed E-state index contributed by atoms with van der Waals surface area (Å²) in [6.07, 6.45) is 4.41. The highest BCUT2D eigenvalue weighted by atomic mass is 16.3. The maximum atomic E-state index is 5.61. The molecule has 0 amide bonds. The number of furan rings is 1. The highest BCUT2D eigenvalue weighted by Gasteiger charge is 2.25. The monoisotopic (exact) mass is 250 g/mol. The number of hydrogen-bond acceptors (Lipinski definition) is 3. The molecule has 0 spiro atoms. The average molecular weight is 250 g/mol. The zero-order valence-corrected chi connectivity index (χ0v) is 11.9. The van der Waals surface area contributed by atoms with E-state index in [-0.39, 0.29) is 0 Å². The Labute approximate surface area is 111 Å². The normalized spacial score (nSPS) is 19.3. The van der Waals surface area contributed by atoms with Gasteiger partial charge in [0.1, 0.15) is 5.76 Å². The lowest BCUT2D eigenvalue weighted by molar-refractivity contribution is 0.203. The summed E-state index contributed by atoms with van der Waals surface area (Å²) in [7, 11) is 0.